The second-order valence-corrected chi connectivity index (χ2v) is 7.70. The monoisotopic (exact) mass is 397 g/mol. The Morgan fingerprint density at radius 2 is 1.90 bits per heavy atom. The highest BCUT2D eigenvalue weighted by atomic mass is 19.1. The van der Waals surface area contributed by atoms with Crippen molar-refractivity contribution in [1.82, 2.24) is 24.2 Å². The van der Waals surface area contributed by atoms with E-state index in [1.54, 1.807) is 19.1 Å². The largest absolute Gasteiger partial charge is 0.343 e. The molecule has 1 fully saturated rings. The van der Waals surface area contributed by atoms with E-state index in [9.17, 15) is 14.0 Å². The lowest BCUT2D eigenvalue weighted by Crippen LogP contribution is -2.38. The summed E-state index contributed by atoms with van der Waals surface area (Å²) in [6.45, 7) is 5.82. The van der Waals surface area contributed by atoms with Crippen LogP contribution in [-0.4, -0.2) is 43.2 Å². The molecule has 0 spiro atoms. The molecule has 0 aliphatic carbocycles. The van der Waals surface area contributed by atoms with Gasteiger partial charge in [0.15, 0.2) is 5.65 Å². The third-order valence-electron chi connectivity index (χ3n) is 5.63. The number of halogens is 1. The smallest absolute Gasteiger partial charge is 0.264 e. The lowest BCUT2D eigenvalue weighted by atomic mass is 9.99. The van der Waals surface area contributed by atoms with Gasteiger partial charge in [0.1, 0.15) is 17.0 Å². The predicted octanol–water partition coefficient (Wildman–Crippen LogP) is 2.68. The van der Waals surface area contributed by atoms with Crippen molar-refractivity contribution >= 4 is 16.9 Å². The van der Waals surface area contributed by atoms with Gasteiger partial charge in [-0.3, -0.25) is 14.2 Å². The molecule has 0 unspecified atom stereocenters. The Hall–Kier alpha value is -3.03. The number of fused-ring (bicyclic) bond motifs is 1. The Labute approximate surface area is 167 Å². The van der Waals surface area contributed by atoms with Crippen molar-refractivity contribution in [3.8, 4) is 5.69 Å². The summed E-state index contributed by atoms with van der Waals surface area (Å²) in [4.78, 5) is 31.9. The fraction of sp³-hybridized carbons (Fsp3) is 0.429. The Morgan fingerprint density at radius 3 is 2.59 bits per heavy atom. The first-order valence-electron chi connectivity index (χ1n) is 9.93. The van der Waals surface area contributed by atoms with Gasteiger partial charge in [0, 0.05) is 26.1 Å². The SMILES string of the molecule is Cc1nc2c(cnn2-c2ccc(F)cc2)c(=O)n1CCC(=O)N1CCC(C)CC1. The highest BCUT2D eigenvalue weighted by Crippen LogP contribution is 2.18. The molecule has 0 atom stereocenters. The molecule has 7 nitrogen and oxygen atoms in total. The van der Waals surface area contributed by atoms with Crippen LogP contribution in [0.25, 0.3) is 16.7 Å². The Bertz CT molecular complexity index is 1090. The first-order valence-corrected chi connectivity index (χ1v) is 9.93. The van der Waals surface area contributed by atoms with E-state index >= 15 is 0 Å². The molecule has 1 aliphatic rings. The molecule has 0 radical (unpaired) electrons. The van der Waals surface area contributed by atoms with E-state index in [0.717, 1.165) is 25.9 Å². The van der Waals surface area contributed by atoms with Crippen molar-refractivity contribution in [3.05, 3.63) is 52.5 Å². The molecule has 1 saturated heterocycles. The molecule has 8 heteroatoms. The van der Waals surface area contributed by atoms with Crippen LogP contribution in [0.1, 0.15) is 32.0 Å². The summed E-state index contributed by atoms with van der Waals surface area (Å²) < 4.78 is 16.2. The fourth-order valence-corrected chi connectivity index (χ4v) is 3.76. The van der Waals surface area contributed by atoms with Crippen LogP contribution in [0.3, 0.4) is 0 Å². The number of aromatic nitrogens is 4. The van der Waals surface area contributed by atoms with Crippen molar-refractivity contribution in [2.45, 2.75) is 39.7 Å². The van der Waals surface area contributed by atoms with Crippen molar-refractivity contribution in [2.75, 3.05) is 13.1 Å². The molecular weight excluding hydrogens is 373 g/mol. The maximum Gasteiger partial charge on any atom is 0.264 e. The number of nitrogens with zero attached hydrogens (tertiary/aromatic N) is 5. The van der Waals surface area contributed by atoms with Gasteiger partial charge in [0.2, 0.25) is 5.91 Å². The van der Waals surface area contributed by atoms with Gasteiger partial charge < -0.3 is 4.90 Å². The van der Waals surface area contributed by atoms with Crippen LogP contribution in [0, 0.1) is 18.7 Å². The van der Waals surface area contributed by atoms with Crippen molar-refractivity contribution in [1.29, 1.82) is 0 Å². The van der Waals surface area contributed by atoms with Crippen LogP contribution in [0.15, 0.2) is 35.3 Å². The fourth-order valence-electron chi connectivity index (χ4n) is 3.76. The average molecular weight is 397 g/mol. The summed E-state index contributed by atoms with van der Waals surface area (Å²) >= 11 is 0. The van der Waals surface area contributed by atoms with Gasteiger partial charge in [-0.25, -0.2) is 14.1 Å². The quantitative estimate of drug-likeness (QED) is 0.679. The first kappa shape index (κ1) is 19.3. The van der Waals surface area contributed by atoms with E-state index in [-0.39, 0.29) is 23.7 Å². The van der Waals surface area contributed by atoms with Crippen molar-refractivity contribution < 1.29 is 9.18 Å². The van der Waals surface area contributed by atoms with Gasteiger partial charge >= 0.3 is 0 Å². The summed E-state index contributed by atoms with van der Waals surface area (Å²) in [6.07, 6.45) is 3.80. The number of amides is 1. The summed E-state index contributed by atoms with van der Waals surface area (Å²) in [5, 5.41) is 4.63. The predicted molar refractivity (Wildman–Crippen MR) is 107 cm³/mol. The van der Waals surface area contributed by atoms with Gasteiger partial charge in [-0.2, -0.15) is 5.10 Å². The number of hydrogen-bond acceptors (Lipinski definition) is 4. The van der Waals surface area contributed by atoms with E-state index in [0.29, 0.717) is 35.0 Å². The lowest BCUT2D eigenvalue weighted by Gasteiger charge is -2.30. The van der Waals surface area contributed by atoms with Crippen LogP contribution in [0.2, 0.25) is 0 Å². The molecule has 1 amide bonds. The van der Waals surface area contributed by atoms with Gasteiger partial charge in [-0.1, -0.05) is 6.92 Å². The molecule has 1 aromatic carbocycles. The van der Waals surface area contributed by atoms with Crippen LogP contribution in [0.5, 0.6) is 0 Å². The van der Waals surface area contributed by atoms with Crippen LogP contribution < -0.4 is 5.56 Å². The van der Waals surface area contributed by atoms with Crippen LogP contribution >= 0.6 is 0 Å². The highest BCUT2D eigenvalue weighted by molar-refractivity contribution is 5.77. The molecule has 4 rings (SSSR count). The minimum absolute atomic E-state index is 0.0744. The Morgan fingerprint density at radius 1 is 1.21 bits per heavy atom. The van der Waals surface area contributed by atoms with Crippen molar-refractivity contribution in [3.63, 3.8) is 0 Å². The van der Waals surface area contributed by atoms with E-state index in [1.165, 1.54) is 27.6 Å². The normalized spacial score (nSPS) is 15.2. The molecule has 0 bridgehead atoms. The molecule has 2 aromatic heterocycles. The minimum Gasteiger partial charge on any atom is -0.343 e. The number of likely N-dealkylation sites (tertiary alicyclic amines) is 1. The maximum absolute atomic E-state index is 13.2. The van der Waals surface area contributed by atoms with Gasteiger partial charge in [0.05, 0.1) is 11.9 Å². The summed E-state index contributed by atoms with van der Waals surface area (Å²) in [5.41, 5.74) is 0.826. The number of carbonyl (C=O) groups excluding carboxylic acids is 1. The summed E-state index contributed by atoms with van der Waals surface area (Å²) in [6, 6.07) is 5.85. The minimum atomic E-state index is -0.343. The average Bonchev–Trinajstić information content (AvgIpc) is 3.12. The van der Waals surface area contributed by atoms with Crippen LogP contribution in [-0.2, 0) is 11.3 Å². The van der Waals surface area contributed by atoms with Gasteiger partial charge in [0.25, 0.3) is 5.56 Å². The van der Waals surface area contributed by atoms with Crippen molar-refractivity contribution in [2.24, 2.45) is 5.92 Å². The molecule has 3 heterocycles. The standard InChI is InChI=1S/C21H24FN5O2/c1-14-7-10-25(11-8-14)19(28)9-12-26-15(2)24-20-18(21(26)29)13-23-27(20)17-5-3-16(22)4-6-17/h3-6,13-14H,7-12H2,1-2H3. The van der Waals surface area contributed by atoms with E-state index < -0.39 is 0 Å². The first-order chi connectivity index (χ1) is 13.9. The number of rotatable bonds is 4. The molecule has 0 saturated carbocycles. The zero-order valence-electron chi connectivity index (χ0n) is 16.6. The topological polar surface area (TPSA) is 73.0 Å². The van der Waals surface area contributed by atoms with E-state index in [1.807, 2.05) is 4.90 Å². The summed E-state index contributed by atoms with van der Waals surface area (Å²) in [7, 11) is 0. The molecule has 152 valence electrons. The highest BCUT2D eigenvalue weighted by Gasteiger charge is 2.21. The Balaban J connectivity index is 1.57. The number of aryl methyl sites for hydroxylation is 1. The zero-order chi connectivity index (χ0) is 20.5. The van der Waals surface area contributed by atoms with Gasteiger partial charge in [-0.15, -0.1) is 0 Å². The molecular formula is C21H24FN5O2. The Kier molecular flexibility index (Phi) is 5.17. The second-order valence-electron chi connectivity index (χ2n) is 7.70. The maximum atomic E-state index is 13.2. The third kappa shape index (κ3) is 3.79. The lowest BCUT2D eigenvalue weighted by molar-refractivity contribution is -0.132. The van der Waals surface area contributed by atoms with Gasteiger partial charge in [-0.05, 0) is 49.9 Å². The zero-order valence-corrected chi connectivity index (χ0v) is 16.6. The third-order valence-corrected chi connectivity index (χ3v) is 5.63. The molecule has 1 aliphatic heterocycles. The van der Waals surface area contributed by atoms with E-state index in [2.05, 4.69) is 17.0 Å². The second kappa shape index (κ2) is 7.77. The number of hydrogen-bond donors (Lipinski definition) is 0. The number of benzene rings is 1. The van der Waals surface area contributed by atoms with Crippen LogP contribution in [0.4, 0.5) is 4.39 Å². The summed E-state index contributed by atoms with van der Waals surface area (Å²) in [5.74, 6) is 0.912. The molecule has 3 aromatic rings. The van der Waals surface area contributed by atoms with E-state index in [4.69, 9.17) is 0 Å². The molecule has 0 N–H and O–H groups in total. The number of piperidine rings is 1. The molecule has 29 heavy (non-hydrogen) atoms. The number of carbonyl (C=O) groups is 1.